The van der Waals surface area contributed by atoms with E-state index < -0.39 is 49.2 Å². The van der Waals surface area contributed by atoms with E-state index in [2.05, 4.69) is 53.7 Å². The zero-order chi connectivity index (χ0) is 95.8. The van der Waals surface area contributed by atoms with Crippen LogP contribution in [0.25, 0.3) is 0 Å². The van der Waals surface area contributed by atoms with Gasteiger partial charge in [0.2, 0.25) is 0 Å². The summed E-state index contributed by atoms with van der Waals surface area (Å²) in [6.45, 7) is 53.6. The van der Waals surface area contributed by atoms with Gasteiger partial charge in [0.1, 0.15) is 25.5 Å². The first-order chi connectivity index (χ1) is 59.2. The molecule has 0 saturated carbocycles. The second-order valence-corrected chi connectivity index (χ2v) is 32.8. The van der Waals surface area contributed by atoms with Gasteiger partial charge in [-0.15, -0.1) is 0 Å². The number of aromatic amines is 6. The Morgan fingerprint density at radius 1 is 0.391 bits per heavy atom. The maximum absolute atomic E-state index is 13.0. The molecule has 707 valence electrons. The van der Waals surface area contributed by atoms with Crippen LogP contribution in [0.2, 0.25) is 0 Å². The van der Waals surface area contributed by atoms with Gasteiger partial charge >= 0.3 is 38.0 Å². The van der Waals surface area contributed by atoms with E-state index in [0.717, 1.165) is 28.1 Å². The molecule has 3 aromatic carbocycles. The minimum absolute atomic E-state index is 0. The molecule has 6 heterocycles. The van der Waals surface area contributed by atoms with Gasteiger partial charge in [0.15, 0.2) is 28.8 Å². The first kappa shape index (κ1) is 126. The third kappa shape index (κ3) is 40.8. The van der Waals surface area contributed by atoms with Gasteiger partial charge in [-0.3, -0.25) is 85.7 Å². The Balaban J connectivity index is -0.000000726. The number of aryl methyl sites for hydroxylation is 2. The Morgan fingerprint density at radius 3 is 1.04 bits per heavy atom. The van der Waals surface area contributed by atoms with Gasteiger partial charge in [0, 0.05) is 172 Å². The first-order valence-electron chi connectivity index (χ1n) is 42.7. The second kappa shape index (κ2) is 66.4. The van der Waals surface area contributed by atoms with Crippen LogP contribution in [0.4, 0.5) is 0 Å². The van der Waals surface area contributed by atoms with Gasteiger partial charge in [-0.2, -0.15) is 0 Å². The fourth-order valence-electron chi connectivity index (χ4n) is 12.3. The van der Waals surface area contributed by atoms with E-state index in [1.165, 1.54) is 34.3 Å². The third-order valence-corrected chi connectivity index (χ3v) is 21.4. The molecule has 6 aromatic heterocycles. The van der Waals surface area contributed by atoms with E-state index >= 15 is 0 Å². The number of rotatable bonds is 30. The maximum atomic E-state index is 13.0. The number of ether oxygens (including phenoxy) is 3. The van der Waals surface area contributed by atoms with Gasteiger partial charge in [-0.05, 0) is 131 Å². The summed E-state index contributed by atoms with van der Waals surface area (Å²) in [5, 5.41) is 0. The second-order valence-electron chi connectivity index (χ2n) is 28.5. The molecule has 0 atom stereocenters. The summed E-state index contributed by atoms with van der Waals surface area (Å²) in [7, 11) is -4.20. The van der Waals surface area contributed by atoms with E-state index in [1.54, 1.807) is 44.4 Å². The Hall–Kier alpha value is -7.97. The predicted octanol–water partition coefficient (Wildman–Crippen LogP) is 13.6. The van der Waals surface area contributed by atoms with Crippen molar-refractivity contribution in [2.75, 3.05) is 47.0 Å². The number of H-pyrrole nitrogens is 6. The molecule has 0 spiro atoms. The number of nitrogens with one attached hydrogen (secondary N) is 6. The smallest absolute Gasteiger partial charge is 0.367 e. The Morgan fingerprint density at radius 2 is 0.711 bits per heavy atom. The summed E-state index contributed by atoms with van der Waals surface area (Å²) < 4.78 is 67.7. The summed E-state index contributed by atoms with van der Waals surface area (Å²) in [4.78, 5) is 162. The minimum Gasteiger partial charge on any atom is -0.481 e. The Kier molecular flexibility index (Phi) is 65.5. The molecule has 0 bridgehead atoms. The number of benzene rings is 3. The molecule has 9 aromatic rings. The molecule has 33 nitrogen and oxygen atoms in total. The van der Waals surface area contributed by atoms with Crippen molar-refractivity contribution in [3.8, 4) is 5.75 Å². The number of aromatic nitrogens is 12. The molecule has 128 heavy (non-hydrogen) atoms. The molecule has 0 aliphatic heterocycles. The molecule has 5 radical (unpaired) electrons. The molecule has 0 saturated heterocycles. The Labute approximate surface area is 804 Å². The maximum Gasteiger partial charge on any atom is 0.367 e. The van der Waals surface area contributed by atoms with Crippen molar-refractivity contribution >= 4 is 23.6 Å². The summed E-state index contributed by atoms with van der Waals surface area (Å²) in [6.07, 6.45) is 2.68. The molecule has 6 N–H and O–H groups in total. The van der Waals surface area contributed by atoms with E-state index in [4.69, 9.17) is 32.3 Å². The average Bonchev–Trinajstić information content (AvgIpc) is 0.790. The SMILES string of the molecule is CC.CC.CC.CCC.CCOCn1c(Cc2ccc(OCP(=O)(OC)OC)cc2)c(C(C)C)c(=O)[nH]c1=O.CCOCn1c(Cc2ccccc2)c(C(C)C)c(=O)[nH]c1=O.CCOP(=O)(Cn1c(Cc2ccccc2)c(C(C)C)c(=O)[nH]c1=O)OCC.CCc1[n-]c(=O)[nH]c(=O)c1C(C)C.CCn1c(C)c(C(C)C)c(=O)[nH]c1=O.Cc1[n-]c(=O)[nH]c(=O)c1C.[B].[Y].[Y]. The monoisotopic (exact) mass is 1980 g/mol. The van der Waals surface area contributed by atoms with E-state index in [1.807, 2.05) is 218 Å². The molecule has 9 rings (SSSR count). The van der Waals surface area contributed by atoms with Gasteiger partial charge < -0.3 is 52.2 Å². The van der Waals surface area contributed by atoms with Gasteiger partial charge in [-0.25, -0.2) is 19.2 Å². The molecular formula is C90H140BN12O21P2Y2-2. The summed E-state index contributed by atoms with van der Waals surface area (Å²) in [5.74, 6) is 0.574. The Bertz CT molecular complexity index is 5580. The summed E-state index contributed by atoms with van der Waals surface area (Å²) in [6, 6.07) is 26.4. The fourth-order valence-corrected chi connectivity index (χ4v) is 14.6. The zero-order valence-corrected chi connectivity index (χ0v) is 88.2. The normalized spacial score (nSPS) is 10.5. The van der Waals surface area contributed by atoms with Crippen LogP contribution in [0.15, 0.2) is 142 Å². The largest absolute Gasteiger partial charge is 0.481 e. The van der Waals surface area contributed by atoms with Crippen LogP contribution in [0.5, 0.6) is 5.75 Å². The number of hydrogen-bond donors (Lipinski definition) is 6. The van der Waals surface area contributed by atoms with E-state index in [9.17, 15) is 66.7 Å². The number of nitrogens with zero attached hydrogens (tertiary/aromatic N) is 6. The van der Waals surface area contributed by atoms with E-state index in [-0.39, 0.29) is 176 Å². The van der Waals surface area contributed by atoms with Gasteiger partial charge in [-0.1, -0.05) is 222 Å². The first-order valence-corrected chi connectivity index (χ1v) is 46.1. The third-order valence-electron chi connectivity index (χ3n) is 18.0. The predicted molar refractivity (Wildman–Crippen MR) is 503 cm³/mol. The van der Waals surface area contributed by atoms with Crippen LogP contribution in [0.3, 0.4) is 0 Å². The van der Waals surface area contributed by atoms with Crippen LogP contribution < -0.4 is 82.2 Å². The molecule has 0 unspecified atom stereocenters. The molecule has 38 heteroatoms. The topological polar surface area (TPSA) is 446 Å². The molecule has 0 amide bonds. The van der Waals surface area contributed by atoms with Gasteiger partial charge in [0.05, 0.1) is 13.2 Å². The van der Waals surface area contributed by atoms with Crippen molar-refractivity contribution in [3.63, 3.8) is 0 Å². The van der Waals surface area contributed by atoms with Crippen LogP contribution in [0.1, 0.15) is 286 Å². The van der Waals surface area contributed by atoms with Crippen molar-refractivity contribution < 1.29 is 107 Å². The van der Waals surface area contributed by atoms with Crippen LogP contribution in [-0.4, -0.2) is 104 Å². The molecule has 0 aliphatic rings. The van der Waals surface area contributed by atoms with Crippen LogP contribution in [-0.2, 0) is 154 Å². The molecule has 0 fully saturated rings. The van der Waals surface area contributed by atoms with Crippen molar-refractivity contribution in [1.29, 1.82) is 0 Å². The zero-order valence-electron chi connectivity index (χ0n) is 80.8. The van der Waals surface area contributed by atoms with Gasteiger partial charge in [0.25, 0.3) is 22.2 Å². The fraction of sp³-hybridized carbons (Fsp3) is 0.533. The molecular weight excluding hydrogens is 1840 g/mol. The van der Waals surface area contributed by atoms with E-state index in [0.29, 0.717) is 107 Å². The van der Waals surface area contributed by atoms with Crippen LogP contribution >= 0.6 is 15.2 Å². The summed E-state index contributed by atoms with van der Waals surface area (Å²) >= 11 is 0. The number of hydrogen-bond acceptors (Lipinski definition) is 21. The van der Waals surface area contributed by atoms with Crippen molar-refractivity contribution in [3.05, 3.63) is 294 Å². The van der Waals surface area contributed by atoms with Crippen molar-refractivity contribution in [2.24, 2.45) is 0 Å². The van der Waals surface area contributed by atoms with Crippen molar-refractivity contribution in [2.45, 2.75) is 275 Å². The summed E-state index contributed by atoms with van der Waals surface area (Å²) in [5.41, 5.74) is 5.16. The van der Waals surface area contributed by atoms with Crippen LogP contribution in [0, 0.1) is 20.8 Å². The average molecular weight is 1980 g/mol. The minimum atomic E-state index is -3.52. The quantitative estimate of drug-likeness (QED) is 0.0180. The standard InChI is InChI=1S/C20H29N2O7P.C19H27N2O5P.C17H22N2O3.C10H16N2O2.C9H14N2O2.C6H8N2O2.C3H8.3C2H6.B.2Y/c1-6-28-12-22-17(18(14(2)3)19(23)21-20(22)24)11-15-7-9-16(10-8-15)29-13-30(25,26-4)27-5;1-5-25-27(24,26-6-2)13-21-16(12-15-10-8-7-9-11-15)17(14(3)4)18(22)20-19(21)23;1-4-22-11-19-14(10-13-8-6-5-7-9-13)15(12(2)3)16(20)18-17(19)21;1-5-12-7(4)8(6(2)3)9(13)11-10(12)14;1-4-6-7(5(2)3)8(12)11-9(13)10-6;1-3-4(2)7-6(10)8-5(3)9;1-3-2;3*1-2;;;/h7-10,14H,6,11-13H2,1-5H3,(H,21,23,24);7-11,14H,5-6,12-13H2,1-4H3,(H,20,22,23);5-9,12H,4,10-11H2,1-3H3,(H,18,20,21);6H,5H2,1-4H3,(H,11,13,14);5H,4H2,1-3H3,(H2,10,11,12,13);1-2H3,(H2,7,8,9,10);3H2,1-2H3;3*1-2H3;;;/p-2. The molecule has 0 aliphatic carbocycles. The van der Waals surface area contributed by atoms with Crippen molar-refractivity contribution in [1.82, 2.24) is 58.1 Å².